The van der Waals surface area contributed by atoms with Crippen molar-refractivity contribution in [2.24, 2.45) is 9.98 Å². The van der Waals surface area contributed by atoms with Gasteiger partial charge in [0.15, 0.2) is 5.84 Å². The molecule has 1 unspecified atom stereocenters. The number of benzene rings is 10. The summed E-state index contributed by atoms with van der Waals surface area (Å²) in [5, 5.41) is 8.66. The van der Waals surface area contributed by atoms with Crippen LogP contribution < -0.4 is 5.32 Å². The Bertz CT molecular complexity index is 3920. The molecule has 0 fully saturated rings. The Hall–Kier alpha value is -9.06. The Morgan fingerprint density at radius 2 is 0.912 bits per heavy atom. The van der Waals surface area contributed by atoms with Crippen LogP contribution in [0.25, 0.3) is 88.4 Å². The van der Waals surface area contributed by atoms with Gasteiger partial charge in [0.2, 0.25) is 0 Å². The van der Waals surface area contributed by atoms with Crippen molar-refractivity contribution in [1.29, 1.82) is 0 Å². The van der Waals surface area contributed by atoms with Crippen molar-refractivity contribution in [3.05, 3.63) is 265 Å². The molecule has 1 aliphatic rings. The van der Waals surface area contributed by atoms with Gasteiger partial charge in [0.05, 0.1) is 27.8 Å². The van der Waals surface area contributed by atoms with E-state index in [9.17, 15) is 0 Å². The van der Waals surface area contributed by atoms with Gasteiger partial charge in [0.1, 0.15) is 12.0 Å². The van der Waals surface area contributed by atoms with Crippen LogP contribution in [-0.2, 0) is 0 Å². The molecule has 0 aliphatic carbocycles. The minimum Gasteiger partial charge on any atom is -0.344 e. The minimum absolute atomic E-state index is 0.462. The molecule has 320 valence electrons. The number of aliphatic imine (C=N–C) groups is 2. The molecule has 10 aromatic carbocycles. The molecule has 13 rings (SSSR count). The monoisotopic (exact) mass is 869 g/mol. The van der Waals surface area contributed by atoms with E-state index in [1.165, 1.54) is 43.8 Å². The number of hydrogen-bond acceptors (Lipinski definition) is 3. The van der Waals surface area contributed by atoms with E-state index in [4.69, 9.17) is 9.98 Å². The Kier molecular flexibility index (Phi) is 9.50. The Labute approximate surface area is 394 Å². The van der Waals surface area contributed by atoms with Gasteiger partial charge < -0.3 is 14.5 Å². The summed E-state index contributed by atoms with van der Waals surface area (Å²) < 4.78 is 4.90. The normalized spacial score (nSPS) is 13.7. The van der Waals surface area contributed by atoms with Crippen molar-refractivity contribution < 1.29 is 0 Å². The van der Waals surface area contributed by atoms with Crippen LogP contribution in [0.4, 0.5) is 0 Å². The molecule has 1 N–H and O–H groups in total. The lowest BCUT2D eigenvalue weighted by atomic mass is 9.99. The highest BCUT2D eigenvalue weighted by Gasteiger charge is 2.26. The number of fused-ring (bicyclic) bond motifs is 6. The topological polar surface area (TPSA) is 46.6 Å². The van der Waals surface area contributed by atoms with E-state index in [0.29, 0.717) is 5.84 Å². The van der Waals surface area contributed by atoms with Crippen LogP contribution in [0.1, 0.15) is 22.9 Å². The lowest BCUT2D eigenvalue weighted by Crippen LogP contribution is -2.34. The number of amidine groups is 2. The second kappa shape index (κ2) is 16.4. The van der Waals surface area contributed by atoms with Gasteiger partial charge in [-0.05, 0) is 75.8 Å². The lowest BCUT2D eigenvalue weighted by Gasteiger charge is -2.26. The van der Waals surface area contributed by atoms with Crippen LogP contribution in [0.15, 0.2) is 259 Å². The van der Waals surface area contributed by atoms with Crippen molar-refractivity contribution in [2.45, 2.75) is 6.17 Å². The third kappa shape index (κ3) is 6.71. The summed E-state index contributed by atoms with van der Waals surface area (Å²) in [4.78, 5) is 10.7. The van der Waals surface area contributed by atoms with Gasteiger partial charge in [-0.1, -0.05) is 206 Å². The average Bonchev–Trinajstić information content (AvgIpc) is 3.94. The SMILES string of the molecule is c1ccc(C2=NC(c3ccccc3-n3c4cc(-n5c6ccccc6c6ccc(-c7ccccc7)cc65)ccc4c4c(-c5ccccc5)cccc43)NC(c3cccc(-c4ccccc4)c3)=N2)cc1. The molecule has 1 aliphatic heterocycles. The predicted molar refractivity (Wildman–Crippen MR) is 283 cm³/mol. The lowest BCUT2D eigenvalue weighted by molar-refractivity contribution is 0.670. The molecule has 12 aromatic rings. The number of para-hydroxylation sites is 2. The first-order chi connectivity index (χ1) is 33.7. The van der Waals surface area contributed by atoms with Gasteiger partial charge in [-0.15, -0.1) is 0 Å². The zero-order valence-corrected chi connectivity index (χ0v) is 37.0. The van der Waals surface area contributed by atoms with E-state index < -0.39 is 6.17 Å². The number of rotatable bonds is 8. The summed E-state index contributed by atoms with van der Waals surface area (Å²) in [6.45, 7) is 0. The molecule has 2 aromatic heterocycles. The summed E-state index contributed by atoms with van der Waals surface area (Å²) in [7, 11) is 0. The summed E-state index contributed by atoms with van der Waals surface area (Å²) in [6, 6.07) is 88.9. The summed E-state index contributed by atoms with van der Waals surface area (Å²) in [5.74, 6) is 1.45. The molecular formula is C63H43N5. The van der Waals surface area contributed by atoms with E-state index in [0.717, 1.165) is 67.1 Å². The molecule has 68 heavy (non-hydrogen) atoms. The Morgan fingerprint density at radius 3 is 1.68 bits per heavy atom. The maximum absolute atomic E-state index is 5.43. The fourth-order valence-corrected chi connectivity index (χ4v) is 10.2. The third-order valence-electron chi connectivity index (χ3n) is 13.4. The third-order valence-corrected chi connectivity index (χ3v) is 13.4. The summed E-state index contributed by atoms with van der Waals surface area (Å²) in [6.07, 6.45) is -0.462. The zero-order chi connectivity index (χ0) is 45.0. The molecule has 0 radical (unpaired) electrons. The highest BCUT2D eigenvalue weighted by molar-refractivity contribution is 6.17. The molecule has 1 atom stereocenters. The van der Waals surface area contributed by atoms with Crippen LogP contribution in [0.2, 0.25) is 0 Å². The first-order valence-electron chi connectivity index (χ1n) is 23.2. The average molecular weight is 870 g/mol. The van der Waals surface area contributed by atoms with E-state index in [1.54, 1.807) is 0 Å². The minimum atomic E-state index is -0.462. The number of nitrogens with one attached hydrogen (secondary N) is 1. The molecule has 0 amide bonds. The standard InChI is InChI=1S/C63H43N5/c1-5-19-42(20-6-1)46-27-17-28-48(39-46)62-64-61(45-25-11-4-12-26-45)65-63(66-62)54-30-14-16-33-56(54)68-57-34-18-31-50(44-23-9-3-10-24-44)60(57)53-38-36-49(41-59(53)68)67-55-32-15-13-29-51(55)52-37-35-47(40-58(52)67)43-21-7-2-8-22-43/h1-41,63H,(H,64,65,66). The fourth-order valence-electron chi connectivity index (χ4n) is 10.2. The maximum atomic E-state index is 5.43. The summed E-state index contributed by atoms with van der Waals surface area (Å²) >= 11 is 0. The van der Waals surface area contributed by atoms with E-state index in [1.807, 2.05) is 18.2 Å². The highest BCUT2D eigenvalue weighted by atomic mass is 15.2. The van der Waals surface area contributed by atoms with Crippen LogP contribution >= 0.6 is 0 Å². The van der Waals surface area contributed by atoms with Crippen molar-refractivity contribution in [3.63, 3.8) is 0 Å². The molecule has 0 saturated carbocycles. The Balaban J connectivity index is 1.04. The number of nitrogens with zero attached hydrogens (tertiary/aromatic N) is 4. The van der Waals surface area contributed by atoms with Gasteiger partial charge in [-0.2, -0.15) is 0 Å². The van der Waals surface area contributed by atoms with Crippen LogP contribution in [-0.4, -0.2) is 20.8 Å². The fraction of sp³-hybridized carbons (Fsp3) is 0.0159. The molecule has 0 bridgehead atoms. The van der Waals surface area contributed by atoms with Crippen LogP contribution in [0, 0.1) is 0 Å². The Morgan fingerprint density at radius 1 is 0.353 bits per heavy atom. The quantitative estimate of drug-likeness (QED) is 0.162. The van der Waals surface area contributed by atoms with Gasteiger partial charge in [0, 0.05) is 43.9 Å². The maximum Gasteiger partial charge on any atom is 0.159 e. The van der Waals surface area contributed by atoms with Crippen molar-refractivity contribution in [3.8, 4) is 44.8 Å². The predicted octanol–water partition coefficient (Wildman–Crippen LogP) is 15.4. The molecule has 5 heteroatoms. The molecule has 3 heterocycles. The second-order valence-corrected chi connectivity index (χ2v) is 17.4. The van der Waals surface area contributed by atoms with Gasteiger partial charge in [-0.3, -0.25) is 0 Å². The van der Waals surface area contributed by atoms with Gasteiger partial charge in [-0.25, -0.2) is 9.98 Å². The van der Waals surface area contributed by atoms with E-state index in [2.05, 4.69) is 245 Å². The first kappa shape index (κ1) is 39.3. The van der Waals surface area contributed by atoms with Gasteiger partial charge >= 0.3 is 0 Å². The first-order valence-corrected chi connectivity index (χ1v) is 23.2. The van der Waals surface area contributed by atoms with Crippen molar-refractivity contribution in [1.82, 2.24) is 14.5 Å². The molecule has 5 nitrogen and oxygen atoms in total. The van der Waals surface area contributed by atoms with Gasteiger partial charge in [0.25, 0.3) is 0 Å². The van der Waals surface area contributed by atoms with E-state index in [-0.39, 0.29) is 0 Å². The molecular weight excluding hydrogens is 827 g/mol. The van der Waals surface area contributed by atoms with Crippen molar-refractivity contribution >= 4 is 55.3 Å². The number of hydrogen-bond donors (Lipinski definition) is 1. The highest BCUT2D eigenvalue weighted by Crippen LogP contribution is 2.42. The zero-order valence-electron chi connectivity index (χ0n) is 37.0. The second-order valence-electron chi connectivity index (χ2n) is 17.4. The smallest absolute Gasteiger partial charge is 0.159 e. The summed E-state index contributed by atoms with van der Waals surface area (Å²) in [5.41, 5.74) is 16.7. The van der Waals surface area contributed by atoms with Crippen LogP contribution in [0.5, 0.6) is 0 Å². The number of aromatic nitrogens is 2. The van der Waals surface area contributed by atoms with Crippen LogP contribution in [0.3, 0.4) is 0 Å². The van der Waals surface area contributed by atoms with Crippen molar-refractivity contribution in [2.75, 3.05) is 0 Å². The molecule has 0 saturated heterocycles. The molecule has 0 spiro atoms. The largest absolute Gasteiger partial charge is 0.344 e. The van der Waals surface area contributed by atoms with E-state index >= 15 is 0 Å².